The van der Waals surface area contributed by atoms with Crippen molar-refractivity contribution < 1.29 is 4.52 Å². The zero-order chi connectivity index (χ0) is 13.1. The third-order valence-electron chi connectivity index (χ3n) is 3.79. The standard InChI is InChI=1S/C14H18N4O/c1-15-11-7-3-2-6-10(11)14-17-13(18-19-14)12-8-4-5-9-16-12/h4-5,8-11,15H,2-3,6-7H2,1H3. The van der Waals surface area contributed by atoms with E-state index in [1.807, 2.05) is 25.2 Å². The molecule has 0 amide bonds. The van der Waals surface area contributed by atoms with Gasteiger partial charge in [-0.25, -0.2) is 0 Å². The Kier molecular flexibility index (Phi) is 3.55. The van der Waals surface area contributed by atoms with Crippen LogP contribution in [-0.4, -0.2) is 28.2 Å². The molecule has 1 N–H and O–H groups in total. The van der Waals surface area contributed by atoms with E-state index in [-0.39, 0.29) is 0 Å². The van der Waals surface area contributed by atoms with Gasteiger partial charge in [-0.1, -0.05) is 24.1 Å². The van der Waals surface area contributed by atoms with E-state index < -0.39 is 0 Å². The van der Waals surface area contributed by atoms with Crippen molar-refractivity contribution in [2.45, 2.75) is 37.6 Å². The molecule has 0 radical (unpaired) electrons. The summed E-state index contributed by atoms with van der Waals surface area (Å²) in [7, 11) is 2.00. The molecule has 2 heterocycles. The molecule has 0 bridgehead atoms. The number of nitrogens with zero attached hydrogens (tertiary/aromatic N) is 3. The first kappa shape index (κ1) is 12.3. The van der Waals surface area contributed by atoms with Crippen molar-refractivity contribution in [1.29, 1.82) is 0 Å². The van der Waals surface area contributed by atoms with E-state index in [1.54, 1.807) is 6.20 Å². The van der Waals surface area contributed by atoms with Crippen molar-refractivity contribution in [1.82, 2.24) is 20.4 Å². The second-order valence-corrected chi connectivity index (χ2v) is 4.96. The maximum absolute atomic E-state index is 5.45. The second-order valence-electron chi connectivity index (χ2n) is 4.96. The zero-order valence-corrected chi connectivity index (χ0v) is 11.0. The molecule has 0 spiro atoms. The minimum Gasteiger partial charge on any atom is -0.339 e. The summed E-state index contributed by atoms with van der Waals surface area (Å²) < 4.78 is 5.45. The van der Waals surface area contributed by atoms with Gasteiger partial charge in [-0.15, -0.1) is 0 Å². The van der Waals surface area contributed by atoms with Gasteiger partial charge in [0, 0.05) is 12.2 Å². The number of pyridine rings is 1. The van der Waals surface area contributed by atoms with Crippen LogP contribution in [0.15, 0.2) is 28.9 Å². The van der Waals surface area contributed by atoms with Crippen LogP contribution >= 0.6 is 0 Å². The average molecular weight is 258 g/mol. The second kappa shape index (κ2) is 5.48. The van der Waals surface area contributed by atoms with Crippen LogP contribution in [0, 0.1) is 0 Å². The fourth-order valence-corrected chi connectivity index (χ4v) is 2.76. The maximum Gasteiger partial charge on any atom is 0.231 e. The Labute approximate surface area is 112 Å². The number of aromatic nitrogens is 3. The lowest BCUT2D eigenvalue weighted by Gasteiger charge is -2.28. The topological polar surface area (TPSA) is 63.8 Å². The molecule has 5 nitrogen and oxygen atoms in total. The lowest BCUT2D eigenvalue weighted by Crippen LogP contribution is -2.34. The molecule has 0 aliphatic heterocycles. The molecule has 5 heteroatoms. The molecular weight excluding hydrogens is 240 g/mol. The highest BCUT2D eigenvalue weighted by molar-refractivity contribution is 5.47. The predicted octanol–water partition coefficient (Wildman–Crippen LogP) is 2.38. The van der Waals surface area contributed by atoms with E-state index in [4.69, 9.17) is 4.52 Å². The first-order valence-electron chi connectivity index (χ1n) is 6.81. The van der Waals surface area contributed by atoms with Crippen LogP contribution in [0.25, 0.3) is 11.5 Å². The summed E-state index contributed by atoms with van der Waals surface area (Å²) >= 11 is 0. The zero-order valence-electron chi connectivity index (χ0n) is 11.0. The van der Waals surface area contributed by atoms with Gasteiger partial charge in [0.15, 0.2) is 0 Å². The lowest BCUT2D eigenvalue weighted by atomic mass is 9.84. The minimum atomic E-state index is 0.323. The van der Waals surface area contributed by atoms with Crippen LogP contribution in [0.3, 0.4) is 0 Å². The van der Waals surface area contributed by atoms with Gasteiger partial charge in [-0.05, 0) is 32.0 Å². The fourth-order valence-electron chi connectivity index (χ4n) is 2.76. The summed E-state index contributed by atoms with van der Waals surface area (Å²) in [5.74, 6) is 1.64. The van der Waals surface area contributed by atoms with Crippen molar-refractivity contribution in [3.63, 3.8) is 0 Å². The summed E-state index contributed by atoms with van der Waals surface area (Å²) in [5, 5.41) is 7.41. The number of nitrogens with one attached hydrogen (secondary N) is 1. The molecule has 2 aromatic heterocycles. The first-order valence-corrected chi connectivity index (χ1v) is 6.81. The van der Waals surface area contributed by atoms with E-state index in [0.717, 1.165) is 18.0 Å². The van der Waals surface area contributed by atoms with Gasteiger partial charge in [-0.2, -0.15) is 4.98 Å². The number of rotatable bonds is 3. The summed E-state index contributed by atoms with van der Waals surface area (Å²) in [6.07, 6.45) is 6.51. The van der Waals surface area contributed by atoms with Crippen LogP contribution in [0.5, 0.6) is 0 Å². The Morgan fingerprint density at radius 3 is 2.95 bits per heavy atom. The number of hydrogen-bond acceptors (Lipinski definition) is 5. The maximum atomic E-state index is 5.45. The molecule has 100 valence electrons. The smallest absolute Gasteiger partial charge is 0.231 e. The SMILES string of the molecule is CNC1CCCCC1c1nc(-c2ccccn2)no1. The summed E-state index contributed by atoms with van der Waals surface area (Å²) in [6.45, 7) is 0. The fraction of sp³-hybridized carbons (Fsp3) is 0.500. The van der Waals surface area contributed by atoms with Gasteiger partial charge in [0.1, 0.15) is 5.69 Å². The van der Waals surface area contributed by atoms with Crippen molar-refractivity contribution in [3.05, 3.63) is 30.3 Å². The quantitative estimate of drug-likeness (QED) is 0.915. The Morgan fingerprint density at radius 1 is 1.26 bits per heavy atom. The molecule has 1 aliphatic rings. The van der Waals surface area contributed by atoms with Crippen LogP contribution in [-0.2, 0) is 0 Å². The lowest BCUT2D eigenvalue weighted by molar-refractivity contribution is 0.270. The Morgan fingerprint density at radius 2 is 2.16 bits per heavy atom. The molecule has 19 heavy (non-hydrogen) atoms. The molecule has 1 aliphatic carbocycles. The molecule has 1 fully saturated rings. The molecule has 0 saturated heterocycles. The van der Waals surface area contributed by atoms with Crippen molar-refractivity contribution >= 4 is 0 Å². The normalized spacial score (nSPS) is 23.4. The number of likely N-dealkylation sites (N-methyl/N-ethyl adjacent to an activating group) is 1. The molecule has 0 aromatic carbocycles. The molecule has 1 saturated carbocycles. The summed E-state index contributed by atoms with van der Waals surface area (Å²) in [5.41, 5.74) is 0.759. The van der Waals surface area contributed by atoms with E-state index in [0.29, 0.717) is 17.8 Å². The Bertz CT molecular complexity index is 525. The highest BCUT2D eigenvalue weighted by Crippen LogP contribution is 2.32. The van der Waals surface area contributed by atoms with Crippen molar-refractivity contribution in [2.24, 2.45) is 0 Å². The largest absolute Gasteiger partial charge is 0.339 e. The minimum absolute atomic E-state index is 0.323. The Hall–Kier alpha value is -1.75. The monoisotopic (exact) mass is 258 g/mol. The van der Waals surface area contributed by atoms with Gasteiger partial charge in [0.05, 0.1) is 5.92 Å². The van der Waals surface area contributed by atoms with Crippen LogP contribution < -0.4 is 5.32 Å². The van der Waals surface area contributed by atoms with E-state index in [2.05, 4.69) is 20.4 Å². The number of hydrogen-bond donors (Lipinski definition) is 1. The van der Waals surface area contributed by atoms with Gasteiger partial charge in [-0.3, -0.25) is 4.98 Å². The van der Waals surface area contributed by atoms with Gasteiger partial charge in [0.2, 0.25) is 11.7 Å². The average Bonchev–Trinajstić information content (AvgIpc) is 2.98. The van der Waals surface area contributed by atoms with Gasteiger partial charge in [0.25, 0.3) is 0 Å². The molecule has 2 unspecified atom stereocenters. The molecule has 2 atom stereocenters. The molecular formula is C14H18N4O. The summed E-state index contributed by atoms with van der Waals surface area (Å²) in [6, 6.07) is 6.13. The first-order chi connectivity index (χ1) is 9.38. The highest BCUT2D eigenvalue weighted by atomic mass is 16.5. The third-order valence-corrected chi connectivity index (χ3v) is 3.79. The van der Waals surface area contributed by atoms with E-state index >= 15 is 0 Å². The summed E-state index contributed by atoms with van der Waals surface area (Å²) in [4.78, 5) is 8.77. The van der Waals surface area contributed by atoms with E-state index in [9.17, 15) is 0 Å². The van der Waals surface area contributed by atoms with Gasteiger partial charge >= 0.3 is 0 Å². The van der Waals surface area contributed by atoms with Crippen molar-refractivity contribution in [2.75, 3.05) is 7.05 Å². The third kappa shape index (κ3) is 2.51. The van der Waals surface area contributed by atoms with Crippen LogP contribution in [0.1, 0.15) is 37.5 Å². The van der Waals surface area contributed by atoms with Crippen molar-refractivity contribution in [3.8, 4) is 11.5 Å². The highest BCUT2D eigenvalue weighted by Gasteiger charge is 2.30. The molecule has 3 rings (SSSR count). The van der Waals surface area contributed by atoms with Crippen LogP contribution in [0.4, 0.5) is 0 Å². The van der Waals surface area contributed by atoms with Gasteiger partial charge < -0.3 is 9.84 Å². The van der Waals surface area contributed by atoms with E-state index in [1.165, 1.54) is 19.3 Å². The molecule has 2 aromatic rings. The van der Waals surface area contributed by atoms with Crippen LogP contribution in [0.2, 0.25) is 0 Å². The predicted molar refractivity (Wildman–Crippen MR) is 71.6 cm³/mol. The Balaban J connectivity index is 1.84.